The van der Waals surface area contributed by atoms with Gasteiger partial charge in [-0.1, -0.05) is 0 Å². The van der Waals surface area contributed by atoms with Gasteiger partial charge in [-0.2, -0.15) is 0 Å². The van der Waals surface area contributed by atoms with E-state index in [0.717, 1.165) is 0 Å². The summed E-state index contributed by atoms with van der Waals surface area (Å²) in [6.45, 7) is 0. The molecule has 0 spiro atoms. The molecule has 0 aromatic rings. The molecule has 1 N–H and O–H groups in total. The van der Waals surface area contributed by atoms with E-state index in [1.807, 2.05) is 0 Å². The number of carboxylic acids is 1. The van der Waals surface area contributed by atoms with Gasteiger partial charge in [0.2, 0.25) is 0 Å². The van der Waals surface area contributed by atoms with Crippen molar-refractivity contribution in [3.63, 3.8) is 0 Å². The molecule has 0 aliphatic carbocycles. The number of halogens is 1. The molecule has 0 aromatic heterocycles. The average molecular weight is 210 g/mol. The molecule has 1 aliphatic rings. The van der Waals surface area contributed by atoms with Crippen LogP contribution >= 0.6 is 0 Å². The van der Waals surface area contributed by atoms with Crippen molar-refractivity contribution in [2.24, 2.45) is 5.92 Å². The standard InChI is InChI=1S/C7H11FO4S/c8-6-2-4-13(11,12)3-1-5(6)7(9)10/h5-6H,1-4H2,(H,9,10)/t5-,6+/m0/s1. The molecular formula is C7H11FO4S. The maximum Gasteiger partial charge on any atom is 0.309 e. The summed E-state index contributed by atoms with van der Waals surface area (Å²) in [5.41, 5.74) is 0. The van der Waals surface area contributed by atoms with E-state index >= 15 is 0 Å². The number of sulfone groups is 1. The molecule has 0 bridgehead atoms. The molecule has 6 heteroatoms. The van der Waals surface area contributed by atoms with Crippen molar-refractivity contribution >= 4 is 15.8 Å². The minimum atomic E-state index is -3.22. The number of rotatable bonds is 1. The third-order valence-electron chi connectivity index (χ3n) is 2.20. The van der Waals surface area contributed by atoms with Crippen molar-refractivity contribution in [2.75, 3.05) is 11.5 Å². The predicted molar refractivity (Wildman–Crippen MR) is 43.9 cm³/mol. The number of carbonyl (C=O) groups is 1. The molecule has 4 nitrogen and oxygen atoms in total. The fourth-order valence-corrected chi connectivity index (χ4v) is 2.76. The Labute approximate surface area is 75.7 Å². The lowest BCUT2D eigenvalue weighted by Gasteiger charge is -2.11. The van der Waals surface area contributed by atoms with Crippen LogP contribution in [0.2, 0.25) is 0 Å². The quantitative estimate of drug-likeness (QED) is 0.672. The zero-order valence-corrected chi connectivity index (χ0v) is 7.76. The minimum Gasteiger partial charge on any atom is -0.481 e. The fraction of sp³-hybridized carbons (Fsp3) is 0.857. The van der Waals surface area contributed by atoms with Crippen LogP contribution in [0, 0.1) is 5.92 Å². The van der Waals surface area contributed by atoms with Gasteiger partial charge in [-0.3, -0.25) is 4.79 Å². The van der Waals surface area contributed by atoms with Crippen LogP contribution < -0.4 is 0 Å². The summed E-state index contributed by atoms with van der Waals surface area (Å²) in [7, 11) is -3.22. The normalized spacial score (nSPS) is 33.6. The maximum atomic E-state index is 13.1. The first-order chi connectivity index (χ1) is 5.92. The van der Waals surface area contributed by atoms with Crippen LogP contribution in [-0.4, -0.2) is 37.2 Å². The Balaban J connectivity index is 2.76. The molecule has 0 aromatic carbocycles. The molecule has 0 amide bonds. The van der Waals surface area contributed by atoms with Crippen molar-refractivity contribution in [1.29, 1.82) is 0 Å². The van der Waals surface area contributed by atoms with E-state index in [9.17, 15) is 17.6 Å². The molecule has 13 heavy (non-hydrogen) atoms. The van der Waals surface area contributed by atoms with Gasteiger partial charge >= 0.3 is 5.97 Å². The summed E-state index contributed by atoms with van der Waals surface area (Å²) in [5.74, 6) is -2.86. The second-order valence-corrected chi connectivity index (χ2v) is 5.49. The second kappa shape index (κ2) is 3.61. The maximum absolute atomic E-state index is 13.1. The Morgan fingerprint density at radius 1 is 1.31 bits per heavy atom. The number of alkyl halides is 1. The Kier molecular flexibility index (Phi) is 2.90. The Hall–Kier alpha value is -0.650. The number of aliphatic carboxylic acids is 1. The number of carboxylic acid groups (broad SMARTS) is 1. The van der Waals surface area contributed by atoms with Crippen LogP contribution in [0.5, 0.6) is 0 Å². The van der Waals surface area contributed by atoms with E-state index in [1.54, 1.807) is 0 Å². The Morgan fingerprint density at radius 3 is 2.38 bits per heavy atom. The number of hydrogen-bond acceptors (Lipinski definition) is 3. The largest absolute Gasteiger partial charge is 0.481 e. The van der Waals surface area contributed by atoms with Gasteiger partial charge in [-0.15, -0.1) is 0 Å². The highest BCUT2D eigenvalue weighted by molar-refractivity contribution is 7.91. The minimum absolute atomic E-state index is 0.112. The molecule has 0 unspecified atom stereocenters. The van der Waals surface area contributed by atoms with E-state index in [0.29, 0.717) is 0 Å². The Morgan fingerprint density at radius 2 is 1.85 bits per heavy atom. The molecule has 76 valence electrons. The lowest BCUT2D eigenvalue weighted by atomic mass is 9.99. The van der Waals surface area contributed by atoms with E-state index in [-0.39, 0.29) is 24.3 Å². The van der Waals surface area contributed by atoms with Crippen LogP contribution in [0.4, 0.5) is 4.39 Å². The zero-order chi connectivity index (χ0) is 10.1. The summed E-state index contributed by atoms with van der Waals surface area (Å²) >= 11 is 0. The molecule has 1 saturated heterocycles. The van der Waals surface area contributed by atoms with Crippen LogP contribution in [0.25, 0.3) is 0 Å². The Bertz CT molecular complexity index is 298. The summed E-state index contributed by atoms with van der Waals surface area (Å²) in [6, 6.07) is 0. The van der Waals surface area contributed by atoms with Gasteiger partial charge in [0.15, 0.2) is 0 Å². The van der Waals surface area contributed by atoms with Gasteiger partial charge in [0.25, 0.3) is 0 Å². The van der Waals surface area contributed by atoms with Crippen molar-refractivity contribution in [2.45, 2.75) is 19.0 Å². The molecule has 1 rings (SSSR count). The van der Waals surface area contributed by atoms with E-state index in [2.05, 4.69) is 0 Å². The predicted octanol–water partition coefficient (Wildman–Crippen LogP) is 0.234. The van der Waals surface area contributed by atoms with Crippen molar-refractivity contribution < 1.29 is 22.7 Å². The SMILES string of the molecule is O=C(O)[C@H]1CCS(=O)(=O)CC[C@H]1F. The third-order valence-corrected chi connectivity index (χ3v) is 3.91. The second-order valence-electron chi connectivity index (χ2n) is 3.19. The van der Waals surface area contributed by atoms with Gasteiger partial charge in [0, 0.05) is 0 Å². The lowest BCUT2D eigenvalue weighted by molar-refractivity contribution is -0.144. The van der Waals surface area contributed by atoms with Gasteiger partial charge in [0.05, 0.1) is 17.4 Å². The third kappa shape index (κ3) is 2.65. The van der Waals surface area contributed by atoms with Gasteiger partial charge in [-0.05, 0) is 12.8 Å². The molecule has 1 aliphatic heterocycles. The van der Waals surface area contributed by atoms with E-state index < -0.39 is 27.9 Å². The van der Waals surface area contributed by atoms with Crippen LogP contribution in [0.3, 0.4) is 0 Å². The van der Waals surface area contributed by atoms with Crippen LogP contribution in [-0.2, 0) is 14.6 Å². The van der Waals surface area contributed by atoms with E-state index in [1.165, 1.54) is 0 Å². The first kappa shape index (κ1) is 10.4. The first-order valence-corrected chi connectivity index (χ1v) is 5.82. The molecule has 1 fully saturated rings. The highest BCUT2D eigenvalue weighted by Crippen LogP contribution is 2.22. The topological polar surface area (TPSA) is 71.4 Å². The van der Waals surface area contributed by atoms with Crippen LogP contribution in [0.1, 0.15) is 12.8 Å². The summed E-state index contributed by atoms with van der Waals surface area (Å²) in [4.78, 5) is 10.5. The molecule has 0 radical (unpaired) electrons. The zero-order valence-electron chi connectivity index (χ0n) is 6.94. The molecule has 2 atom stereocenters. The van der Waals surface area contributed by atoms with Gasteiger partial charge < -0.3 is 5.11 Å². The highest BCUT2D eigenvalue weighted by Gasteiger charge is 2.33. The summed E-state index contributed by atoms with van der Waals surface area (Å²) < 4.78 is 35.1. The average Bonchev–Trinajstić information content (AvgIpc) is 2.11. The highest BCUT2D eigenvalue weighted by atomic mass is 32.2. The van der Waals surface area contributed by atoms with E-state index in [4.69, 9.17) is 5.11 Å². The van der Waals surface area contributed by atoms with Crippen molar-refractivity contribution in [1.82, 2.24) is 0 Å². The monoisotopic (exact) mass is 210 g/mol. The number of hydrogen-bond donors (Lipinski definition) is 1. The lowest BCUT2D eigenvalue weighted by Crippen LogP contribution is -2.24. The summed E-state index contributed by atoms with van der Waals surface area (Å²) in [5, 5.41) is 8.57. The van der Waals surface area contributed by atoms with Crippen molar-refractivity contribution in [3.8, 4) is 0 Å². The molecule has 0 saturated carbocycles. The summed E-state index contributed by atoms with van der Waals surface area (Å²) in [6.07, 6.45) is -1.84. The van der Waals surface area contributed by atoms with Crippen LogP contribution in [0.15, 0.2) is 0 Å². The van der Waals surface area contributed by atoms with Gasteiger partial charge in [0.1, 0.15) is 16.0 Å². The smallest absolute Gasteiger partial charge is 0.309 e. The molecular weight excluding hydrogens is 199 g/mol. The first-order valence-electron chi connectivity index (χ1n) is 4.00. The fourth-order valence-electron chi connectivity index (χ4n) is 1.36. The van der Waals surface area contributed by atoms with Gasteiger partial charge in [-0.25, -0.2) is 12.8 Å². The van der Waals surface area contributed by atoms with Crippen molar-refractivity contribution in [3.05, 3.63) is 0 Å². The molecule has 1 heterocycles.